The molecule has 0 bridgehead atoms. The first kappa shape index (κ1) is 13.3. The summed E-state index contributed by atoms with van der Waals surface area (Å²) in [7, 11) is 1.58. The fourth-order valence-electron chi connectivity index (χ4n) is 1.32. The van der Waals surface area contributed by atoms with Crippen molar-refractivity contribution in [2.24, 2.45) is 0 Å². The molecule has 0 unspecified atom stereocenters. The van der Waals surface area contributed by atoms with E-state index in [0.717, 1.165) is 5.69 Å². The Labute approximate surface area is 102 Å². The van der Waals surface area contributed by atoms with Crippen LogP contribution in [0.15, 0.2) is 18.3 Å². The minimum absolute atomic E-state index is 0.0500. The average Bonchev–Trinajstić information content (AvgIpc) is 2.29. The number of nitrogens with one attached hydrogen (secondary N) is 2. The van der Waals surface area contributed by atoms with Gasteiger partial charge in [0.05, 0.1) is 19.0 Å². The fourth-order valence-corrected chi connectivity index (χ4v) is 1.32. The lowest BCUT2D eigenvalue weighted by Crippen LogP contribution is -2.31. The third kappa shape index (κ3) is 5.19. The van der Waals surface area contributed by atoms with Crippen molar-refractivity contribution in [3.05, 3.63) is 18.3 Å². The first-order valence-electron chi connectivity index (χ1n) is 5.65. The van der Waals surface area contributed by atoms with Gasteiger partial charge < -0.3 is 15.4 Å². The van der Waals surface area contributed by atoms with E-state index in [-0.39, 0.29) is 11.9 Å². The number of carbonyl (C=O) groups excluding carboxylic acids is 1. The van der Waals surface area contributed by atoms with Gasteiger partial charge in [0.1, 0.15) is 0 Å². The molecule has 0 aliphatic carbocycles. The summed E-state index contributed by atoms with van der Waals surface area (Å²) in [5, 5.41) is 5.95. The summed E-state index contributed by atoms with van der Waals surface area (Å²) in [5.41, 5.74) is 0.878. The van der Waals surface area contributed by atoms with Gasteiger partial charge in [-0.3, -0.25) is 4.79 Å². The van der Waals surface area contributed by atoms with Crippen LogP contribution in [0, 0.1) is 0 Å². The first-order chi connectivity index (χ1) is 8.11. The molecule has 1 rings (SSSR count). The molecule has 1 aromatic rings. The summed E-state index contributed by atoms with van der Waals surface area (Å²) in [6, 6.07) is 3.83. The van der Waals surface area contributed by atoms with Crippen LogP contribution in [0.1, 0.15) is 20.3 Å². The molecule has 0 aromatic carbocycles. The highest BCUT2D eigenvalue weighted by atomic mass is 16.5. The van der Waals surface area contributed by atoms with Crippen molar-refractivity contribution in [3.8, 4) is 5.88 Å². The Morgan fingerprint density at radius 3 is 2.76 bits per heavy atom. The van der Waals surface area contributed by atoms with Gasteiger partial charge in [0.25, 0.3) is 0 Å². The highest BCUT2D eigenvalue weighted by molar-refractivity contribution is 5.76. The van der Waals surface area contributed by atoms with Gasteiger partial charge in [-0.1, -0.05) is 0 Å². The number of aromatic nitrogens is 1. The predicted octanol–water partition coefficient (Wildman–Crippen LogP) is 1.42. The molecule has 0 aliphatic heterocycles. The van der Waals surface area contributed by atoms with E-state index < -0.39 is 0 Å². The van der Waals surface area contributed by atoms with Gasteiger partial charge >= 0.3 is 0 Å². The zero-order chi connectivity index (χ0) is 12.7. The molecule has 0 saturated carbocycles. The van der Waals surface area contributed by atoms with Crippen LogP contribution in [-0.4, -0.2) is 30.6 Å². The third-order valence-electron chi connectivity index (χ3n) is 2.08. The molecule has 1 amide bonds. The second kappa shape index (κ2) is 6.73. The number of methoxy groups -OCH3 is 1. The molecule has 1 aromatic heterocycles. The minimum atomic E-state index is 0.0500. The molecule has 0 fully saturated rings. The maximum Gasteiger partial charge on any atom is 0.221 e. The zero-order valence-electron chi connectivity index (χ0n) is 10.5. The lowest BCUT2D eigenvalue weighted by molar-refractivity contribution is -0.121. The first-order valence-corrected chi connectivity index (χ1v) is 5.65. The SMILES string of the molecule is COc1ccc(NCCC(=O)NC(C)C)cn1. The fraction of sp³-hybridized carbons (Fsp3) is 0.500. The number of nitrogens with zero attached hydrogens (tertiary/aromatic N) is 1. The molecule has 5 nitrogen and oxygen atoms in total. The monoisotopic (exact) mass is 237 g/mol. The summed E-state index contributed by atoms with van der Waals surface area (Å²) < 4.78 is 4.95. The van der Waals surface area contributed by atoms with Crippen molar-refractivity contribution in [2.45, 2.75) is 26.3 Å². The zero-order valence-corrected chi connectivity index (χ0v) is 10.5. The Balaban J connectivity index is 2.28. The van der Waals surface area contributed by atoms with Crippen LogP contribution >= 0.6 is 0 Å². The van der Waals surface area contributed by atoms with Gasteiger partial charge in [-0.2, -0.15) is 0 Å². The molecule has 94 valence electrons. The van der Waals surface area contributed by atoms with Crippen LogP contribution in [0.5, 0.6) is 5.88 Å². The van der Waals surface area contributed by atoms with E-state index in [1.807, 2.05) is 19.9 Å². The molecule has 1 heterocycles. The Morgan fingerprint density at radius 1 is 1.47 bits per heavy atom. The van der Waals surface area contributed by atoms with E-state index in [2.05, 4.69) is 15.6 Å². The number of amides is 1. The lowest BCUT2D eigenvalue weighted by Gasteiger charge is -2.09. The Hall–Kier alpha value is -1.78. The van der Waals surface area contributed by atoms with E-state index in [1.165, 1.54) is 0 Å². The highest BCUT2D eigenvalue weighted by Crippen LogP contribution is 2.10. The second-order valence-corrected chi connectivity index (χ2v) is 3.99. The number of pyridine rings is 1. The van der Waals surface area contributed by atoms with Gasteiger partial charge in [0.2, 0.25) is 11.8 Å². The number of anilines is 1. The van der Waals surface area contributed by atoms with Crippen molar-refractivity contribution >= 4 is 11.6 Å². The molecule has 0 atom stereocenters. The second-order valence-electron chi connectivity index (χ2n) is 3.99. The molecule has 0 radical (unpaired) electrons. The maximum atomic E-state index is 11.4. The Kier molecular flexibility index (Phi) is 5.26. The minimum Gasteiger partial charge on any atom is -0.481 e. The number of hydrogen-bond donors (Lipinski definition) is 2. The molecule has 0 spiro atoms. The van der Waals surface area contributed by atoms with Gasteiger partial charge in [0.15, 0.2) is 0 Å². The van der Waals surface area contributed by atoms with E-state index in [9.17, 15) is 4.79 Å². The summed E-state index contributed by atoms with van der Waals surface area (Å²) >= 11 is 0. The van der Waals surface area contributed by atoms with Crippen LogP contribution in [0.3, 0.4) is 0 Å². The average molecular weight is 237 g/mol. The summed E-state index contributed by atoms with van der Waals surface area (Å²) in [6.45, 7) is 4.48. The molecular weight excluding hydrogens is 218 g/mol. The molecule has 17 heavy (non-hydrogen) atoms. The quantitative estimate of drug-likeness (QED) is 0.785. The summed E-state index contributed by atoms with van der Waals surface area (Å²) in [6.07, 6.45) is 2.13. The predicted molar refractivity (Wildman–Crippen MR) is 67.2 cm³/mol. The highest BCUT2D eigenvalue weighted by Gasteiger charge is 2.02. The number of rotatable bonds is 6. The standard InChI is InChI=1S/C12H19N3O2/c1-9(2)15-11(16)6-7-13-10-4-5-12(17-3)14-8-10/h4-5,8-9,13H,6-7H2,1-3H3,(H,15,16). The molecule has 0 aliphatic rings. The maximum absolute atomic E-state index is 11.4. The number of ether oxygens (including phenoxy) is 1. The Morgan fingerprint density at radius 2 is 2.24 bits per heavy atom. The van der Waals surface area contributed by atoms with E-state index in [0.29, 0.717) is 18.8 Å². The van der Waals surface area contributed by atoms with Crippen molar-refractivity contribution in [3.63, 3.8) is 0 Å². The largest absolute Gasteiger partial charge is 0.481 e. The summed E-state index contributed by atoms with van der Waals surface area (Å²) in [5.74, 6) is 0.627. The lowest BCUT2D eigenvalue weighted by atomic mass is 10.3. The van der Waals surface area contributed by atoms with E-state index >= 15 is 0 Å². The van der Waals surface area contributed by atoms with Crippen LogP contribution < -0.4 is 15.4 Å². The van der Waals surface area contributed by atoms with Crippen molar-refractivity contribution in [2.75, 3.05) is 19.0 Å². The van der Waals surface area contributed by atoms with Crippen LogP contribution in [-0.2, 0) is 4.79 Å². The molecular formula is C12H19N3O2. The Bertz CT molecular complexity index is 349. The number of hydrogen-bond acceptors (Lipinski definition) is 4. The van der Waals surface area contributed by atoms with E-state index in [4.69, 9.17) is 4.74 Å². The van der Waals surface area contributed by atoms with Gasteiger partial charge in [-0.15, -0.1) is 0 Å². The van der Waals surface area contributed by atoms with Crippen molar-refractivity contribution in [1.29, 1.82) is 0 Å². The number of carbonyl (C=O) groups is 1. The van der Waals surface area contributed by atoms with E-state index in [1.54, 1.807) is 19.4 Å². The third-order valence-corrected chi connectivity index (χ3v) is 2.08. The van der Waals surface area contributed by atoms with Gasteiger partial charge in [-0.25, -0.2) is 4.98 Å². The van der Waals surface area contributed by atoms with Gasteiger partial charge in [0, 0.05) is 25.1 Å². The van der Waals surface area contributed by atoms with Crippen LogP contribution in [0.25, 0.3) is 0 Å². The molecule has 0 saturated heterocycles. The van der Waals surface area contributed by atoms with Crippen molar-refractivity contribution in [1.82, 2.24) is 10.3 Å². The van der Waals surface area contributed by atoms with Crippen molar-refractivity contribution < 1.29 is 9.53 Å². The summed E-state index contributed by atoms with van der Waals surface area (Å²) in [4.78, 5) is 15.4. The van der Waals surface area contributed by atoms with Gasteiger partial charge in [-0.05, 0) is 19.9 Å². The smallest absolute Gasteiger partial charge is 0.221 e. The van der Waals surface area contributed by atoms with Crippen LogP contribution in [0.2, 0.25) is 0 Å². The molecule has 5 heteroatoms. The molecule has 2 N–H and O–H groups in total. The van der Waals surface area contributed by atoms with Crippen LogP contribution in [0.4, 0.5) is 5.69 Å². The normalized spacial score (nSPS) is 10.1. The topological polar surface area (TPSA) is 63.2 Å².